The predicted octanol–water partition coefficient (Wildman–Crippen LogP) is 2.63. The number of ketones is 1. The predicted molar refractivity (Wildman–Crippen MR) is 64.5 cm³/mol. The molecule has 0 atom stereocenters. The molecule has 0 aliphatic carbocycles. The minimum Gasteiger partial charge on any atom is -0.504 e. The highest BCUT2D eigenvalue weighted by Gasteiger charge is 2.11. The molecule has 0 radical (unpaired) electrons. The van der Waals surface area contributed by atoms with Crippen molar-refractivity contribution < 1.29 is 14.6 Å². The third-order valence-corrected chi connectivity index (χ3v) is 2.48. The first-order valence-electron chi connectivity index (χ1n) is 5.19. The summed E-state index contributed by atoms with van der Waals surface area (Å²) in [5.41, 5.74) is 1.10. The molecule has 0 aromatic heterocycles. The van der Waals surface area contributed by atoms with E-state index < -0.39 is 0 Å². The fourth-order valence-corrected chi connectivity index (χ4v) is 1.58. The molecule has 0 bridgehead atoms. The van der Waals surface area contributed by atoms with E-state index in [1.54, 1.807) is 18.2 Å². The van der Waals surface area contributed by atoms with Gasteiger partial charge in [0.1, 0.15) is 0 Å². The summed E-state index contributed by atoms with van der Waals surface area (Å²) in [5.74, 6) is 0.229. The Balaban J connectivity index is 2.38. The van der Waals surface area contributed by atoms with Crippen molar-refractivity contribution in [2.24, 2.45) is 0 Å². The first-order chi connectivity index (χ1) is 8.22. The van der Waals surface area contributed by atoms with Gasteiger partial charge in [0, 0.05) is 11.1 Å². The lowest BCUT2D eigenvalue weighted by molar-refractivity contribution is 0.103. The van der Waals surface area contributed by atoms with Gasteiger partial charge >= 0.3 is 0 Å². The van der Waals surface area contributed by atoms with Crippen LogP contribution in [0.25, 0.3) is 0 Å². The van der Waals surface area contributed by atoms with E-state index in [-0.39, 0.29) is 11.5 Å². The number of carbonyl (C=O) groups excluding carboxylic acids is 1. The maximum Gasteiger partial charge on any atom is 0.193 e. The second kappa shape index (κ2) is 4.70. The highest BCUT2D eigenvalue weighted by molar-refractivity contribution is 6.09. The number of ether oxygens (including phenoxy) is 1. The Morgan fingerprint density at radius 3 is 2.41 bits per heavy atom. The van der Waals surface area contributed by atoms with E-state index in [0.29, 0.717) is 16.9 Å². The van der Waals surface area contributed by atoms with Crippen LogP contribution in [0.5, 0.6) is 11.5 Å². The van der Waals surface area contributed by atoms with Crippen LogP contribution in [-0.4, -0.2) is 18.0 Å². The molecule has 1 N–H and O–H groups in total. The zero-order valence-corrected chi connectivity index (χ0v) is 9.38. The van der Waals surface area contributed by atoms with Crippen LogP contribution in [0, 0.1) is 0 Å². The number of hydrogen-bond acceptors (Lipinski definition) is 3. The third-order valence-electron chi connectivity index (χ3n) is 2.48. The van der Waals surface area contributed by atoms with Crippen molar-refractivity contribution in [2.45, 2.75) is 0 Å². The summed E-state index contributed by atoms with van der Waals surface area (Å²) >= 11 is 0. The van der Waals surface area contributed by atoms with Gasteiger partial charge in [-0.05, 0) is 18.2 Å². The largest absolute Gasteiger partial charge is 0.504 e. The average Bonchev–Trinajstić information content (AvgIpc) is 2.39. The molecule has 2 aromatic carbocycles. The average molecular weight is 228 g/mol. The number of rotatable bonds is 3. The lowest BCUT2D eigenvalue weighted by Gasteiger charge is -2.06. The topological polar surface area (TPSA) is 46.5 Å². The Kier molecular flexibility index (Phi) is 3.10. The van der Waals surface area contributed by atoms with E-state index >= 15 is 0 Å². The van der Waals surface area contributed by atoms with Crippen molar-refractivity contribution in [1.29, 1.82) is 0 Å². The molecular weight excluding hydrogens is 216 g/mol. The molecule has 0 amide bonds. The van der Waals surface area contributed by atoms with Gasteiger partial charge in [0.2, 0.25) is 0 Å². The molecule has 0 fully saturated rings. The number of phenols is 1. The monoisotopic (exact) mass is 228 g/mol. The second-order valence-electron chi connectivity index (χ2n) is 3.58. The Bertz CT molecular complexity index is 532. The van der Waals surface area contributed by atoms with E-state index in [2.05, 4.69) is 0 Å². The fraction of sp³-hybridized carbons (Fsp3) is 0.0714. The fourth-order valence-electron chi connectivity index (χ4n) is 1.58. The molecule has 2 rings (SSSR count). The Labute approximate surface area is 99.3 Å². The molecule has 0 saturated carbocycles. The summed E-state index contributed by atoms with van der Waals surface area (Å²) in [4.78, 5) is 12.1. The van der Waals surface area contributed by atoms with Gasteiger partial charge in [-0.2, -0.15) is 0 Å². The Morgan fingerprint density at radius 1 is 1.06 bits per heavy atom. The molecule has 0 heterocycles. The molecule has 0 aliphatic rings. The van der Waals surface area contributed by atoms with E-state index in [9.17, 15) is 9.90 Å². The standard InChI is InChI=1S/C14H12O3/c1-17-13-9-11(7-8-12(13)15)14(16)10-5-3-2-4-6-10/h2-9,15H,1H3. The number of phenolic OH excluding ortho intramolecular Hbond substituents is 1. The van der Waals surface area contributed by atoms with Crippen LogP contribution >= 0.6 is 0 Å². The first kappa shape index (κ1) is 11.2. The second-order valence-corrected chi connectivity index (χ2v) is 3.58. The normalized spacial score (nSPS) is 9.94. The quantitative estimate of drug-likeness (QED) is 0.821. The van der Waals surface area contributed by atoms with Crippen molar-refractivity contribution in [1.82, 2.24) is 0 Å². The summed E-state index contributed by atoms with van der Waals surface area (Å²) in [6.07, 6.45) is 0. The highest BCUT2D eigenvalue weighted by Crippen LogP contribution is 2.27. The summed E-state index contributed by atoms with van der Waals surface area (Å²) in [7, 11) is 1.45. The maximum atomic E-state index is 12.1. The summed E-state index contributed by atoms with van der Waals surface area (Å²) in [5, 5.41) is 9.45. The van der Waals surface area contributed by atoms with Gasteiger partial charge in [0.15, 0.2) is 17.3 Å². The van der Waals surface area contributed by atoms with Crippen LogP contribution < -0.4 is 4.74 Å². The van der Waals surface area contributed by atoms with Crippen LogP contribution in [0.2, 0.25) is 0 Å². The van der Waals surface area contributed by atoms with Gasteiger partial charge in [-0.3, -0.25) is 4.79 Å². The first-order valence-corrected chi connectivity index (χ1v) is 5.19. The van der Waals surface area contributed by atoms with Crippen LogP contribution in [0.3, 0.4) is 0 Å². The summed E-state index contributed by atoms with van der Waals surface area (Å²) in [6.45, 7) is 0. The number of hydrogen-bond donors (Lipinski definition) is 1. The van der Waals surface area contributed by atoms with Crippen LogP contribution in [0.1, 0.15) is 15.9 Å². The smallest absolute Gasteiger partial charge is 0.193 e. The van der Waals surface area contributed by atoms with Crippen molar-refractivity contribution in [3.63, 3.8) is 0 Å². The minimum absolute atomic E-state index is 0.0251. The van der Waals surface area contributed by atoms with Crippen molar-refractivity contribution >= 4 is 5.78 Å². The lowest BCUT2D eigenvalue weighted by atomic mass is 10.0. The van der Waals surface area contributed by atoms with E-state index in [0.717, 1.165) is 0 Å². The SMILES string of the molecule is COc1cc(C(=O)c2ccccc2)ccc1O. The number of methoxy groups -OCH3 is 1. The van der Waals surface area contributed by atoms with E-state index in [1.807, 2.05) is 18.2 Å². The van der Waals surface area contributed by atoms with Crippen molar-refractivity contribution in [3.8, 4) is 11.5 Å². The van der Waals surface area contributed by atoms with Crippen molar-refractivity contribution in [2.75, 3.05) is 7.11 Å². The molecule has 0 unspecified atom stereocenters. The summed E-state index contributed by atoms with van der Waals surface area (Å²) < 4.78 is 4.97. The maximum absolute atomic E-state index is 12.1. The number of benzene rings is 2. The van der Waals surface area contributed by atoms with Gasteiger partial charge in [-0.15, -0.1) is 0 Å². The van der Waals surface area contributed by atoms with Crippen LogP contribution in [-0.2, 0) is 0 Å². The zero-order valence-electron chi connectivity index (χ0n) is 9.38. The van der Waals surface area contributed by atoms with Crippen LogP contribution in [0.4, 0.5) is 0 Å². The highest BCUT2D eigenvalue weighted by atomic mass is 16.5. The number of carbonyl (C=O) groups is 1. The van der Waals surface area contributed by atoms with E-state index in [4.69, 9.17) is 4.74 Å². The van der Waals surface area contributed by atoms with Crippen molar-refractivity contribution in [3.05, 3.63) is 59.7 Å². The molecule has 2 aromatic rings. The molecule has 0 spiro atoms. The Morgan fingerprint density at radius 2 is 1.76 bits per heavy atom. The summed E-state index contributed by atoms with van der Waals surface area (Å²) in [6, 6.07) is 13.5. The van der Waals surface area contributed by atoms with E-state index in [1.165, 1.54) is 19.2 Å². The van der Waals surface area contributed by atoms with Gasteiger partial charge < -0.3 is 9.84 Å². The minimum atomic E-state index is -0.0936. The van der Waals surface area contributed by atoms with Gasteiger partial charge in [0.05, 0.1) is 7.11 Å². The third kappa shape index (κ3) is 2.28. The van der Waals surface area contributed by atoms with Gasteiger partial charge in [-0.1, -0.05) is 30.3 Å². The van der Waals surface area contributed by atoms with Gasteiger partial charge in [0.25, 0.3) is 0 Å². The lowest BCUT2D eigenvalue weighted by Crippen LogP contribution is -2.01. The van der Waals surface area contributed by atoms with Gasteiger partial charge in [-0.25, -0.2) is 0 Å². The number of aromatic hydroxyl groups is 1. The molecule has 0 aliphatic heterocycles. The molecular formula is C14H12O3. The zero-order chi connectivity index (χ0) is 12.3. The van der Waals surface area contributed by atoms with Crippen LogP contribution in [0.15, 0.2) is 48.5 Å². The molecule has 17 heavy (non-hydrogen) atoms. The Hall–Kier alpha value is -2.29. The molecule has 3 nitrogen and oxygen atoms in total. The molecule has 86 valence electrons. The molecule has 3 heteroatoms. The molecule has 0 saturated heterocycles.